The Bertz CT molecular complexity index is 437. The van der Waals surface area contributed by atoms with Crippen LogP contribution in [0.2, 0.25) is 0 Å². The van der Waals surface area contributed by atoms with Crippen LogP contribution in [0.3, 0.4) is 0 Å². The summed E-state index contributed by atoms with van der Waals surface area (Å²) in [6.45, 7) is 4.29. The zero-order valence-electron chi connectivity index (χ0n) is 11.4. The molecule has 1 amide bonds. The number of carbonyl (C=O) groups is 1. The Labute approximate surface area is 118 Å². The quantitative estimate of drug-likeness (QED) is 0.889. The van der Waals surface area contributed by atoms with Crippen LogP contribution in [-0.4, -0.2) is 19.0 Å². The molecule has 1 saturated carbocycles. The van der Waals surface area contributed by atoms with Gasteiger partial charge in [-0.1, -0.05) is 13.0 Å². The van der Waals surface area contributed by atoms with Crippen LogP contribution in [0.25, 0.3) is 0 Å². The van der Waals surface area contributed by atoms with Gasteiger partial charge in [-0.05, 0) is 55.6 Å². The average molecular weight is 278 g/mol. The van der Waals surface area contributed by atoms with Crippen LogP contribution in [0.1, 0.15) is 43.5 Å². The Hall–Kier alpha value is -0.870. The van der Waals surface area contributed by atoms with Gasteiger partial charge in [0.15, 0.2) is 0 Å². The van der Waals surface area contributed by atoms with Gasteiger partial charge in [-0.15, -0.1) is 11.3 Å². The van der Waals surface area contributed by atoms with Crippen molar-refractivity contribution in [3.05, 3.63) is 22.4 Å². The zero-order chi connectivity index (χ0) is 13.3. The van der Waals surface area contributed by atoms with Gasteiger partial charge >= 0.3 is 0 Å². The van der Waals surface area contributed by atoms with Crippen molar-refractivity contribution in [1.82, 2.24) is 10.6 Å². The van der Waals surface area contributed by atoms with Crippen molar-refractivity contribution in [3.63, 3.8) is 0 Å². The van der Waals surface area contributed by atoms with Crippen LogP contribution >= 0.6 is 11.3 Å². The number of nitrogens with one attached hydrogen (secondary N) is 2. The van der Waals surface area contributed by atoms with E-state index in [4.69, 9.17) is 0 Å². The number of hydrogen-bond donors (Lipinski definition) is 2. The summed E-state index contributed by atoms with van der Waals surface area (Å²) in [6.07, 6.45) is 4.40. The lowest BCUT2D eigenvalue weighted by atomic mass is 9.91. The van der Waals surface area contributed by atoms with E-state index < -0.39 is 0 Å². The van der Waals surface area contributed by atoms with Gasteiger partial charge in [0.1, 0.15) is 0 Å². The predicted octanol–water partition coefficient (Wildman–Crippen LogP) is 2.71. The van der Waals surface area contributed by atoms with Crippen molar-refractivity contribution in [2.24, 2.45) is 11.3 Å². The second-order valence-electron chi connectivity index (χ2n) is 5.85. The molecule has 2 aliphatic rings. The molecule has 1 aromatic rings. The van der Waals surface area contributed by atoms with Gasteiger partial charge in [0.2, 0.25) is 5.91 Å². The summed E-state index contributed by atoms with van der Waals surface area (Å²) in [5.74, 6) is 0.547. The molecular weight excluding hydrogens is 256 g/mol. The normalized spacial score (nSPS) is 26.1. The molecule has 0 bridgehead atoms. The molecule has 1 saturated heterocycles. The smallest absolute Gasteiger partial charge is 0.224 e. The molecule has 2 unspecified atom stereocenters. The van der Waals surface area contributed by atoms with E-state index >= 15 is 0 Å². The number of thiophene rings is 1. The molecule has 1 aliphatic carbocycles. The van der Waals surface area contributed by atoms with Gasteiger partial charge in [-0.25, -0.2) is 0 Å². The summed E-state index contributed by atoms with van der Waals surface area (Å²) in [6, 6.07) is 4.37. The fourth-order valence-electron chi connectivity index (χ4n) is 3.33. The summed E-state index contributed by atoms with van der Waals surface area (Å²) in [7, 11) is 0. The summed E-state index contributed by atoms with van der Waals surface area (Å²) in [5, 5.41) is 8.72. The fourth-order valence-corrected chi connectivity index (χ4v) is 4.19. The molecule has 4 heteroatoms. The second-order valence-corrected chi connectivity index (χ2v) is 6.83. The number of piperidine rings is 1. The Kier molecular flexibility index (Phi) is 3.63. The average Bonchev–Trinajstić information content (AvgIpc) is 2.90. The van der Waals surface area contributed by atoms with Crippen molar-refractivity contribution in [2.75, 3.05) is 13.1 Å². The highest BCUT2D eigenvalue weighted by Gasteiger charge is 2.57. The lowest BCUT2D eigenvalue weighted by Gasteiger charge is -2.24. The SMILES string of the molecule is CCC(NC(=O)C1CC12CCNCC2)c1cccs1. The van der Waals surface area contributed by atoms with Gasteiger partial charge < -0.3 is 10.6 Å². The van der Waals surface area contributed by atoms with Crippen molar-refractivity contribution in [1.29, 1.82) is 0 Å². The Morgan fingerprint density at radius 1 is 1.58 bits per heavy atom. The van der Waals surface area contributed by atoms with Gasteiger partial charge in [0, 0.05) is 10.8 Å². The first-order valence-corrected chi connectivity index (χ1v) is 8.18. The molecule has 19 heavy (non-hydrogen) atoms. The molecule has 104 valence electrons. The maximum Gasteiger partial charge on any atom is 0.224 e. The fraction of sp³-hybridized carbons (Fsp3) is 0.667. The van der Waals surface area contributed by atoms with Crippen LogP contribution in [0, 0.1) is 11.3 Å². The van der Waals surface area contributed by atoms with Crippen LogP contribution in [-0.2, 0) is 4.79 Å². The second kappa shape index (κ2) is 5.25. The molecule has 1 aromatic heterocycles. The molecule has 2 fully saturated rings. The summed E-state index contributed by atoms with van der Waals surface area (Å²) in [5.41, 5.74) is 0.336. The predicted molar refractivity (Wildman–Crippen MR) is 78.1 cm³/mol. The van der Waals surface area contributed by atoms with Crippen LogP contribution in [0.15, 0.2) is 17.5 Å². The lowest BCUT2D eigenvalue weighted by Crippen LogP contribution is -2.34. The van der Waals surface area contributed by atoms with Crippen LogP contribution in [0.4, 0.5) is 0 Å². The minimum atomic E-state index is 0.201. The minimum absolute atomic E-state index is 0.201. The maximum absolute atomic E-state index is 12.4. The highest BCUT2D eigenvalue weighted by Crippen LogP contribution is 2.58. The van der Waals surface area contributed by atoms with Gasteiger partial charge in [0.05, 0.1) is 6.04 Å². The minimum Gasteiger partial charge on any atom is -0.348 e. The van der Waals surface area contributed by atoms with Gasteiger partial charge in [-0.2, -0.15) is 0 Å². The van der Waals surface area contributed by atoms with E-state index in [1.54, 1.807) is 11.3 Å². The molecule has 2 atom stereocenters. The van der Waals surface area contributed by atoms with E-state index in [0.717, 1.165) is 25.9 Å². The molecule has 0 aromatic carbocycles. The third kappa shape index (κ3) is 2.56. The van der Waals surface area contributed by atoms with Crippen molar-refractivity contribution in [3.8, 4) is 0 Å². The van der Waals surface area contributed by atoms with E-state index in [1.807, 2.05) is 0 Å². The molecule has 3 rings (SSSR count). The van der Waals surface area contributed by atoms with Crippen molar-refractivity contribution < 1.29 is 4.79 Å². The largest absolute Gasteiger partial charge is 0.348 e. The Morgan fingerprint density at radius 2 is 2.37 bits per heavy atom. The van der Waals surface area contributed by atoms with Crippen LogP contribution < -0.4 is 10.6 Å². The van der Waals surface area contributed by atoms with Gasteiger partial charge in [-0.3, -0.25) is 4.79 Å². The molecule has 1 spiro atoms. The first kappa shape index (κ1) is 13.1. The molecule has 2 heterocycles. The third-order valence-electron chi connectivity index (χ3n) is 4.72. The highest BCUT2D eigenvalue weighted by atomic mass is 32.1. The van der Waals surface area contributed by atoms with E-state index in [2.05, 4.69) is 35.1 Å². The highest BCUT2D eigenvalue weighted by molar-refractivity contribution is 7.10. The molecular formula is C15H22N2OS. The monoisotopic (exact) mass is 278 g/mol. The van der Waals surface area contributed by atoms with Crippen molar-refractivity contribution in [2.45, 2.75) is 38.6 Å². The van der Waals surface area contributed by atoms with E-state index in [9.17, 15) is 4.79 Å². The number of amides is 1. The summed E-state index contributed by atoms with van der Waals surface area (Å²) >= 11 is 1.73. The Morgan fingerprint density at radius 3 is 3.00 bits per heavy atom. The summed E-state index contributed by atoms with van der Waals surface area (Å²) in [4.78, 5) is 13.7. The topological polar surface area (TPSA) is 41.1 Å². The maximum atomic E-state index is 12.4. The van der Waals surface area contributed by atoms with Gasteiger partial charge in [0.25, 0.3) is 0 Å². The van der Waals surface area contributed by atoms with E-state index in [-0.39, 0.29) is 17.9 Å². The first-order chi connectivity index (χ1) is 9.25. The molecule has 3 nitrogen and oxygen atoms in total. The number of rotatable bonds is 4. The van der Waals surface area contributed by atoms with Crippen LogP contribution in [0.5, 0.6) is 0 Å². The van der Waals surface area contributed by atoms with Crippen molar-refractivity contribution >= 4 is 17.2 Å². The van der Waals surface area contributed by atoms with E-state index in [0.29, 0.717) is 5.41 Å². The summed E-state index contributed by atoms with van der Waals surface area (Å²) < 4.78 is 0. The lowest BCUT2D eigenvalue weighted by molar-refractivity contribution is -0.124. The number of hydrogen-bond acceptors (Lipinski definition) is 3. The molecule has 0 radical (unpaired) electrons. The molecule has 1 aliphatic heterocycles. The standard InChI is InChI=1S/C15H22N2OS/c1-2-12(13-4-3-9-19-13)17-14(18)11-10-15(11)5-7-16-8-6-15/h3-4,9,11-12,16H,2,5-8,10H2,1H3,(H,17,18). The first-order valence-electron chi connectivity index (χ1n) is 7.30. The van der Waals surface area contributed by atoms with E-state index in [1.165, 1.54) is 17.7 Å². The Balaban J connectivity index is 1.60. The molecule has 2 N–H and O–H groups in total. The zero-order valence-corrected chi connectivity index (χ0v) is 12.3. The number of carbonyl (C=O) groups excluding carboxylic acids is 1. The third-order valence-corrected chi connectivity index (χ3v) is 5.70.